The summed E-state index contributed by atoms with van der Waals surface area (Å²) in [5, 5.41) is 8.87. The van der Waals surface area contributed by atoms with Crippen molar-refractivity contribution in [3.63, 3.8) is 0 Å². The third-order valence-corrected chi connectivity index (χ3v) is 4.82. The zero-order valence-electron chi connectivity index (χ0n) is 15.6. The Labute approximate surface area is 153 Å². The molecule has 1 aromatic carbocycles. The highest BCUT2D eigenvalue weighted by Crippen LogP contribution is 2.40. The number of carbonyl (C=O) groups excluding carboxylic acids is 1. The van der Waals surface area contributed by atoms with Gasteiger partial charge < -0.3 is 24.2 Å². The first kappa shape index (κ1) is 19.9. The van der Waals surface area contributed by atoms with Crippen molar-refractivity contribution in [1.82, 2.24) is 4.90 Å². The van der Waals surface area contributed by atoms with Crippen LogP contribution in [0, 0.1) is 5.92 Å². The zero-order valence-corrected chi connectivity index (χ0v) is 15.6. The molecular weight excluding hydrogens is 338 g/mol. The summed E-state index contributed by atoms with van der Waals surface area (Å²) in [5.74, 6) is 1.17. The van der Waals surface area contributed by atoms with Gasteiger partial charge >= 0.3 is 5.97 Å². The normalized spacial score (nSPS) is 14.8. The van der Waals surface area contributed by atoms with Crippen molar-refractivity contribution in [1.29, 1.82) is 0 Å². The van der Waals surface area contributed by atoms with E-state index in [9.17, 15) is 9.59 Å². The molecule has 1 heterocycles. The first-order chi connectivity index (χ1) is 12.5. The molecule has 7 nitrogen and oxygen atoms in total. The Bertz CT molecular complexity index is 637. The molecule has 0 aromatic heterocycles. The minimum atomic E-state index is -0.768. The molecule has 0 spiro atoms. The molecule has 26 heavy (non-hydrogen) atoms. The van der Waals surface area contributed by atoms with E-state index in [-0.39, 0.29) is 18.2 Å². The molecule has 1 fully saturated rings. The predicted octanol–water partition coefficient (Wildman–Crippen LogP) is 2.36. The molecule has 0 atom stereocenters. The van der Waals surface area contributed by atoms with Crippen molar-refractivity contribution >= 4 is 11.9 Å². The molecule has 0 unspecified atom stereocenters. The molecule has 1 amide bonds. The summed E-state index contributed by atoms with van der Waals surface area (Å²) in [7, 11) is 4.68. The van der Waals surface area contributed by atoms with Crippen LogP contribution in [0.25, 0.3) is 0 Å². The number of hydrogen-bond acceptors (Lipinski definition) is 5. The van der Waals surface area contributed by atoms with Gasteiger partial charge in [-0.15, -0.1) is 0 Å². The van der Waals surface area contributed by atoms with Gasteiger partial charge in [-0.1, -0.05) is 6.07 Å². The lowest BCUT2D eigenvalue weighted by Crippen LogP contribution is -2.39. The highest BCUT2D eigenvalue weighted by atomic mass is 16.5. The van der Waals surface area contributed by atoms with E-state index in [2.05, 4.69) is 0 Å². The molecule has 2 rings (SSSR count). The number of aliphatic carboxylic acids is 1. The Morgan fingerprint density at radius 1 is 1.08 bits per heavy atom. The SMILES string of the molecule is COc1ccc(CCC(=O)N2CCC(CC(=O)O)CC2)c(OC)c1OC. The number of benzene rings is 1. The number of nitrogens with zero attached hydrogens (tertiary/aromatic N) is 1. The van der Waals surface area contributed by atoms with E-state index < -0.39 is 5.97 Å². The summed E-state index contributed by atoms with van der Waals surface area (Å²) >= 11 is 0. The Hall–Kier alpha value is -2.44. The molecular formula is C19H27NO6. The monoisotopic (exact) mass is 365 g/mol. The van der Waals surface area contributed by atoms with Gasteiger partial charge in [0.05, 0.1) is 21.3 Å². The number of methoxy groups -OCH3 is 3. The van der Waals surface area contributed by atoms with Gasteiger partial charge in [-0.3, -0.25) is 9.59 Å². The molecule has 7 heteroatoms. The van der Waals surface area contributed by atoms with E-state index in [1.807, 2.05) is 11.0 Å². The first-order valence-electron chi connectivity index (χ1n) is 8.77. The highest BCUT2D eigenvalue weighted by Gasteiger charge is 2.24. The summed E-state index contributed by atoms with van der Waals surface area (Å²) in [6.45, 7) is 1.25. The maximum Gasteiger partial charge on any atom is 0.303 e. The van der Waals surface area contributed by atoms with Crippen LogP contribution in [0.5, 0.6) is 17.2 Å². The lowest BCUT2D eigenvalue weighted by atomic mass is 9.93. The number of rotatable bonds is 8. The van der Waals surface area contributed by atoms with E-state index >= 15 is 0 Å². The molecule has 1 aliphatic heterocycles. The number of amides is 1. The minimum absolute atomic E-state index is 0.0793. The third-order valence-electron chi connectivity index (χ3n) is 4.82. The van der Waals surface area contributed by atoms with E-state index in [1.165, 1.54) is 0 Å². The van der Waals surface area contributed by atoms with Crippen LogP contribution in [0.2, 0.25) is 0 Å². The fourth-order valence-electron chi connectivity index (χ4n) is 3.39. The second-order valence-corrected chi connectivity index (χ2v) is 6.42. The molecule has 1 aromatic rings. The molecule has 1 saturated heterocycles. The van der Waals surface area contributed by atoms with Crippen LogP contribution >= 0.6 is 0 Å². The second-order valence-electron chi connectivity index (χ2n) is 6.42. The summed E-state index contributed by atoms with van der Waals surface area (Å²) < 4.78 is 16.1. The second kappa shape index (κ2) is 9.31. The Kier molecular flexibility index (Phi) is 7.12. The molecule has 1 aliphatic rings. The number of carboxylic acids is 1. The molecule has 0 saturated carbocycles. The van der Waals surface area contributed by atoms with Gasteiger partial charge in [0.25, 0.3) is 0 Å². The van der Waals surface area contributed by atoms with Crippen molar-refractivity contribution in [2.24, 2.45) is 5.92 Å². The fourth-order valence-corrected chi connectivity index (χ4v) is 3.39. The number of aryl methyl sites for hydroxylation is 1. The quantitative estimate of drug-likeness (QED) is 0.761. The Morgan fingerprint density at radius 3 is 2.27 bits per heavy atom. The van der Waals surface area contributed by atoms with Crippen LogP contribution in [0.3, 0.4) is 0 Å². The molecule has 0 radical (unpaired) electrons. The van der Waals surface area contributed by atoms with Gasteiger partial charge in [0, 0.05) is 25.9 Å². The van der Waals surface area contributed by atoms with Crippen LogP contribution in [0.15, 0.2) is 12.1 Å². The van der Waals surface area contributed by atoms with Crippen LogP contribution in [0.1, 0.15) is 31.2 Å². The van der Waals surface area contributed by atoms with E-state index in [0.29, 0.717) is 43.2 Å². The van der Waals surface area contributed by atoms with Crippen molar-refractivity contribution in [3.05, 3.63) is 17.7 Å². The van der Waals surface area contributed by atoms with Gasteiger partial charge in [-0.05, 0) is 36.8 Å². The van der Waals surface area contributed by atoms with Crippen LogP contribution in [-0.4, -0.2) is 56.3 Å². The van der Waals surface area contributed by atoms with E-state index in [1.54, 1.807) is 27.4 Å². The van der Waals surface area contributed by atoms with Crippen LogP contribution in [0.4, 0.5) is 0 Å². The average Bonchev–Trinajstić information content (AvgIpc) is 2.65. The fraction of sp³-hybridized carbons (Fsp3) is 0.579. The van der Waals surface area contributed by atoms with Gasteiger partial charge in [-0.2, -0.15) is 0 Å². The molecule has 0 bridgehead atoms. The summed E-state index contributed by atoms with van der Waals surface area (Å²) in [6.07, 6.45) is 2.59. The number of hydrogen-bond donors (Lipinski definition) is 1. The first-order valence-corrected chi connectivity index (χ1v) is 8.77. The van der Waals surface area contributed by atoms with E-state index in [4.69, 9.17) is 19.3 Å². The highest BCUT2D eigenvalue weighted by molar-refractivity contribution is 5.77. The van der Waals surface area contributed by atoms with Gasteiger partial charge in [0.1, 0.15) is 0 Å². The minimum Gasteiger partial charge on any atom is -0.493 e. The van der Waals surface area contributed by atoms with Crippen molar-refractivity contribution in [2.75, 3.05) is 34.4 Å². The lowest BCUT2D eigenvalue weighted by molar-refractivity contribution is -0.138. The summed E-state index contributed by atoms with van der Waals surface area (Å²) in [4.78, 5) is 25.1. The van der Waals surface area contributed by atoms with Crippen LogP contribution in [-0.2, 0) is 16.0 Å². The van der Waals surface area contributed by atoms with Crippen molar-refractivity contribution in [2.45, 2.75) is 32.1 Å². The lowest BCUT2D eigenvalue weighted by Gasteiger charge is -2.31. The smallest absolute Gasteiger partial charge is 0.303 e. The summed E-state index contributed by atoms with van der Waals surface area (Å²) in [5.41, 5.74) is 0.888. The zero-order chi connectivity index (χ0) is 19.1. The Morgan fingerprint density at radius 2 is 1.73 bits per heavy atom. The number of likely N-dealkylation sites (tertiary alicyclic amines) is 1. The number of carbonyl (C=O) groups is 2. The number of carboxylic acid groups (broad SMARTS) is 1. The third kappa shape index (κ3) is 4.80. The largest absolute Gasteiger partial charge is 0.493 e. The maximum atomic E-state index is 12.5. The van der Waals surface area contributed by atoms with Gasteiger partial charge in [0.2, 0.25) is 11.7 Å². The predicted molar refractivity (Wildman–Crippen MR) is 96.0 cm³/mol. The maximum absolute atomic E-state index is 12.5. The Balaban J connectivity index is 1.95. The molecule has 0 aliphatic carbocycles. The summed E-state index contributed by atoms with van der Waals surface area (Å²) in [6, 6.07) is 3.69. The average molecular weight is 365 g/mol. The van der Waals surface area contributed by atoms with E-state index in [0.717, 1.165) is 18.4 Å². The number of ether oxygens (including phenoxy) is 3. The molecule has 144 valence electrons. The van der Waals surface area contributed by atoms with Gasteiger partial charge in [-0.25, -0.2) is 0 Å². The van der Waals surface area contributed by atoms with Crippen molar-refractivity contribution < 1.29 is 28.9 Å². The topological polar surface area (TPSA) is 85.3 Å². The molecule has 1 N–H and O–H groups in total. The van der Waals surface area contributed by atoms with Crippen LogP contribution < -0.4 is 14.2 Å². The van der Waals surface area contributed by atoms with Gasteiger partial charge in [0.15, 0.2) is 11.5 Å². The standard InChI is InChI=1S/C19H27NO6/c1-24-15-6-4-14(18(25-2)19(15)26-3)5-7-16(21)20-10-8-13(9-11-20)12-17(22)23/h4,6,13H,5,7-12H2,1-3H3,(H,22,23). The number of piperidine rings is 1. The van der Waals surface area contributed by atoms with Crippen molar-refractivity contribution in [3.8, 4) is 17.2 Å².